The molecule has 0 spiro atoms. The highest BCUT2D eigenvalue weighted by atomic mass is 19.4. The van der Waals surface area contributed by atoms with E-state index in [1.165, 1.54) is 17.0 Å². The minimum atomic E-state index is -4.54. The van der Waals surface area contributed by atoms with Gasteiger partial charge in [-0.1, -0.05) is 31.5 Å². The van der Waals surface area contributed by atoms with Gasteiger partial charge in [0.25, 0.3) is 0 Å². The zero-order valence-corrected chi connectivity index (χ0v) is 20.1. The van der Waals surface area contributed by atoms with Gasteiger partial charge in [-0.25, -0.2) is 0 Å². The van der Waals surface area contributed by atoms with Crippen molar-refractivity contribution in [1.82, 2.24) is 0 Å². The van der Waals surface area contributed by atoms with Crippen molar-refractivity contribution in [3.63, 3.8) is 0 Å². The first kappa shape index (κ1) is 24.6. The Morgan fingerprint density at radius 3 is 2.64 bits per heavy atom. The lowest BCUT2D eigenvalue weighted by Crippen LogP contribution is -2.48. The number of nitrogens with one attached hydrogen (secondary N) is 1. The number of alkyl halides is 3. The van der Waals surface area contributed by atoms with Crippen molar-refractivity contribution in [2.75, 3.05) is 16.8 Å². The van der Waals surface area contributed by atoms with Gasteiger partial charge in [-0.3, -0.25) is 9.59 Å². The maximum Gasteiger partial charge on any atom is 0.416 e. The van der Waals surface area contributed by atoms with Gasteiger partial charge in [-0.05, 0) is 67.0 Å². The second-order valence-corrected chi connectivity index (χ2v) is 10.3. The number of carbonyl (C=O) groups is 2. The Morgan fingerprint density at radius 2 is 1.94 bits per heavy atom. The average molecular weight is 499 g/mol. The number of halogens is 3. The van der Waals surface area contributed by atoms with Crippen LogP contribution in [0.5, 0.6) is 0 Å². The van der Waals surface area contributed by atoms with Gasteiger partial charge >= 0.3 is 6.18 Å². The van der Waals surface area contributed by atoms with Crippen LogP contribution >= 0.6 is 0 Å². The van der Waals surface area contributed by atoms with Gasteiger partial charge in [0.05, 0.1) is 17.4 Å². The van der Waals surface area contributed by atoms with Crippen LogP contribution in [0.25, 0.3) is 5.57 Å². The number of hydrogen-bond donors (Lipinski definition) is 2. The summed E-state index contributed by atoms with van der Waals surface area (Å²) in [6, 6.07) is 9.02. The number of anilines is 2. The van der Waals surface area contributed by atoms with Crippen LogP contribution in [-0.2, 0) is 28.6 Å². The molecule has 5 nitrogen and oxygen atoms in total. The summed E-state index contributed by atoms with van der Waals surface area (Å²) in [5.41, 5.74) is 2.51. The maximum atomic E-state index is 13.5. The molecule has 2 aromatic carbocycles. The van der Waals surface area contributed by atoms with Crippen LogP contribution < -0.4 is 10.2 Å². The van der Waals surface area contributed by atoms with E-state index in [9.17, 15) is 27.9 Å². The summed E-state index contributed by atoms with van der Waals surface area (Å²) in [5.74, 6) is -0.553. The summed E-state index contributed by atoms with van der Waals surface area (Å²) in [6.07, 6.45) is 1.02. The van der Waals surface area contributed by atoms with Crippen molar-refractivity contribution in [2.45, 2.75) is 64.1 Å². The van der Waals surface area contributed by atoms with Gasteiger partial charge in [0.15, 0.2) is 0 Å². The maximum absolute atomic E-state index is 13.5. The van der Waals surface area contributed by atoms with Crippen molar-refractivity contribution < 1.29 is 27.9 Å². The molecule has 0 saturated heterocycles. The zero-order chi connectivity index (χ0) is 25.7. The number of carbonyl (C=O) groups excluding carboxylic acids is 2. The highest BCUT2D eigenvalue weighted by Gasteiger charge is 2.44. The van der Waals surface area contributed by atoms with Crippen LogP contribution in [-0.4, -0.2) is 29.6 Å². The molecule has 190 valence electrons. The smallest absolute Gasteiger partial charge is 0.393 e. The molecule has 3 aliphatic rings. The predicted molar refractivity (Wildman–Crippen MR) is 131 cm³/mol. The van der Waals surface area contributed by atoms with Crippen LogP contribution in [0.15, 0.2) is 42.5 Å². The number of aliphatic hydroxyl groups is 1. The Labute approximate surface area is 208 Å². The molecule has 1 saturated carbocycles. The van der Waals surface area contributed by atoms with E-state index < -0.39 is 29.2 Å². The normalized spacial score (nSPS) is 21.9. The number of nitrogens with zero attached hydrogens (tertiary/aromatic N) is 1. The van der Waals surface area contributed by atoms with Crippen molar-refractivity contribution in [3.05, 3.63) is 64.7 Å². The third kappa shape index (κ3) is 4.54. The average Bonchev–Trinajstić information content (AvgIpc) is 2.81. The minimum absolute atomic E-state index is 0.160. The summed E-state index contributed by atoms with van der Waals surface area (Å²) in [4.78, 5) is 27.8. The number of hydrogen-bond acceptors (Lipinski definition) is 3. The summed E-state index contributed by atoms with van der Waals surface area (Å²) in [5, 5.41) is 13.0. The molecule has 1 atom stereocenters. The van der Waals surface area contributed by atoms with Crippen LogP contribution in [0.3, 0.4) is 0 Å². The monoisotopic (exact) mass is 498 g/mol. The summed E-state index contributed by atoms with van der Waals surface area (Å²) >= 11 is 0. The molecule has 0 bridgehead atoms. The molecule has 36 heavy (non-hydrogen) atoms. The second kappa shape index (κ2) is 9.07. The third-order valence-electron chi connectivity index (χ3n) is 7.81. The van der Waals surface area contributed by atoms with E-state index in [1.807, 2.05) is 19.1 Å². The van der Waals surface area contributed by atoms with E-state index in [2.05, 4.69) is 5.32 Å². The van der Waals surface area contributed by atoms with Crippen LogP contribution in [0, 0.1) is 5.41 Å². The minimum Gasteiger partial charge on any atom is -0.393 e. The Balaban J connectivity index is 1.46. The fourth-order valence-corrected chi connectivity index (χ4v) is 5.51. The van der Waals surface area contributed by atoms with Crippen molar-refractivity contribution in [3.8, 4) is 0 Å². The summed E-state index contributed by atoms with van der Waals surface area (Å²) < 4.78 is 40.5. The van der Waals surface area contributed by atoms with E-state index in [0.29, 0.717) is 36.1 Å². The fourth-order valence-electron chi connectivity index (χ4n) is 5.51. The molecule has 2 aliphatic carbocycles. The van der Waals surface area contributed by atoms with Crippen LogP contribution in [0.4, 0.5) is 24.5 Å². The molecule has 0 radical (unpaired) electrons. The second-order valence-electron chi connectivity index (χ2n) is 10.3. The Morgan fingerprint density at radius 1 is 1.17 bits per heavy atom. The highest BCUT2D eigenvalue weighted by Crippen LogP contribution is 2.46. The fraction of sp³-hybridized carbons (Fsp3) is 0.429. The van der Waals surface area contributed by atoms with Crippen molar-refractivity contribution in [2.24, 2.45) is 5.41 Å². The molecule has 1 aliphatic heterocycles. The summed E-state index contributed by atoms with van der Waals surface area (Å²) in [7, 11) is 0. The van der Waals surface area contributed by atoms with E-state index >= 15 is 0 Å². The largest absolute Gasteiger partial charge is 0.416 e. The van der Waals surface area contributed by atoms with E-state index in [4.69, 9.17) is 0 Å². The molecule has 8 heteroatoms. The molecule has 2 aromatic rings. The number of aliphatic hydroxyl groups excluding tert-OH is 1. The van der Waals surface area contributed by atoms with Gasteiger partial charge in [0, 0.05) is 35.7 Å². The van der Waals surface area contributed by atoms with Crippen LogP contribution in [0.1, 0.15) is 61.3 Å². The topological polar surface area (TPSA) is 69.6 Å². The lowest BCUT2D eigenvalue weighted by Gasteiger charge is -2.43. The number of aryl methyl sites for hydroxylation is 1. The van der Waals surface area contributed by atoms with Gasteiger partial charge < -0.3 is 15.3 Å². The molecule has 0 aromatic heterocycles. The Bertz CT molecular complexity index is 1250. The standard InChI is InChI=1S/C28H29F3N2O3/c1-27(11-3-12-27)26(36)33-13-10-18(21-9-7-19(15-24(21)33)28(29,30)31)14-25(35)32-23-5-2-4-17-6-8-20(34)16-22(17)23/h2,4-5,7,9,14-15,20,34H,3,6,8,10-13,16H2,1H3,(H,32,35). The zero-order valence-electron chi connectivity index (χ0n) is 20.1. The van der Waals surface area contributed by atoms with Crippen molar-refractivity contribution >= 4 is 28.8 Å². The number of rotatable bonds is 3. The molecule has 1 heterocycles. The number of benzene rings is 2. The SMILES string of the molecule is CC1(C(=O)N2CCC(=CC(=O)Nc3cccc4c3CC(O)CC4)c3ccc(C(F)(F)F)cc32)CCC1. The van der Waals surface area contributed by atoms with Gasteiger partial charge in [0.2, 0.25) is 11.8 Å². The predicted octanol–water partition coefficient (Wildman–Crippen LogP) is 5.50. The van der Waals surface area contributed by atoms with Gasteiger partial charge in [-0.15, -0.1) is 0 Å². The Kier molecular flexibility index (Phi) is 6.19. The van der Waals surface area contributed by atoms with E-state index in [-0.39, 0.29) is 18.1 Å². The molecular weight excluding hydrogens is 469 g/mol. The first-order valence-electron chi connectivity index (χ1n) is 12.4. The van der Waals surface area contributed by atoms with Gasteiger partial charge in [-0.2, -0.15) is 13.2 Å². The molecule has 1 unspecified atom stereocenters. The van der Waals surface area contributed by atoms with E-state index in [0.717, 1.165) is 48.9 Å². The molecule has 5 rings (SSSR count). The molecule has 2 N–H and O–H groups in total. The first-order chi connectivity index (χ1) is 17.0. The van der Waals surface area contributed by atoms with E-state index in [1.54, 1.807) is 6.07 Å². The van der Waals surface area contributed by atoms with Crippen molar-refractivity contribution in [1.29, 1.82) is 0 Å². The highest BCUT2D eigenvalue weighted by molar-refractivity contribution is 6.08. The first-order valence-corrected chi connectivity index (χ1v) is 12.4. The number of fused-ring (bicyclic) bond motifs is 2. The molecule has 2 amide bonds. The Hall–Kier alpha value is -3.13. The lowest BCUT2D eigenvalue weighted by molar-refractivity contribution is -0.137. The summed E-state index contributed by atoms with van der Waals surface area (Å²) in [6.45, 7) is 2.08. The van der Waals surface area contributed by atoms with Crippen LogP contribution in [0.2, 0.25) is 0 Å². The van der Waals surface area contributed by atoms with Gasteiger partial charge in [0.1, 0.15) is 0 Å². The lowest BCUT2D eigenvalue weighted by atomic mass is 9.69. The quantitative estimate of drug-likeness (QED) is 0.549. The number of amides is 2. The third-order valence-corrected chi connectivity index (χ3v) is 7.81. The molecule has 1 fully saturated rings. The molecular formula is C28H29F3N2O3.